The van der Waals surface area contributed by atoms with Crippen LogP contribution in [0.15, 0.2) is 0 Å². The fourth-order valence-corrected chi connectivity index (χ4v) is 2.41. The van der Waals surface area contributed by atoms with E-state index in [2.05, 4.69) is 6.92 Å². The van der Waals surface area contributed by atoms with E-state index in [1.807, 2.05) is 0 Å². The van der Waals surface area contributed by atoms with Crippen LogP contribution in [0.5, 0.6) is 0 Å². The smallest absolute Gasteiger partial charge is 0.0632 e. The van der Waals surface area contributed by atoms with Gasteiger partial charge in [0.25, 0.3) is 0 Å². The topological polar surface area (TPSA) is 9.23 Å². The third-order valence-corrected chi connectivity index (χ3v) is 2.99. The molecular weight excluding hydrogens is 124 g/mol. The second kappa shape index (κ2) is 2.54. The molecule has 0 radical (unpaired) electrons. The van der Waals surface area contributed by atoms with Gasteiger partial charge < -0.3 is 4.74 Å². The van der Waals surface area contributed by atoms with Crippen LogP contribution in [-0.2, 0) is 4.74 Å². The van der Waals surface area contributed by atoms with Crippen molar-refractivity contribution in [2.24, 2.45) is 11.8 Å². The van der Waals surface area contributed by atoms with Crippen LogP contribution in [0.1, 0.15) is 32.6 Å². The normalized spacial score (nSPS) is 44.7. The molecule has 3 unspecified atom stereocenters. The molecule has 1 heterocycles. The van der Waals surface area contributed by atoms with E-state index in [-0.39, 0.29) is 0 Å². The van der Waals surface area contributed by atoms with Crippen molar-refractivity contribution in [3.8, 4) is 0 Å². The summed E-state index contributed by atoms with van der Waals surface area (Å²) in [6, 6.07) is 0. The summed E-state index contributed by atoms with van der Waals surface area (Å²) in [7, 11) is 0. The van der Waals surface area contributed by atoms with Crippen LogP contribution in [0.25, 0.3) is 0 Å². The van der Waals surface area contributed by atoms with Crippen molar-refractivity contribution in [2.45, 2.75) is 38.7 Å². The Hall–Kier alpha value is -0.0400. The maximum absolute atomic E-state index is 5.62. The molecule has 1 aliphatic carbocycles. The van der Waals surface area contributed by atoms with Gasteiger partial charge in [0.1, 0.15) is 0 Å². The number of hydrogen-bond donors (Lipinski definition) is 0. The fourth-order valence-electron chi connectivity index (χ4n) is 2.41. The zero-order chi connectivity index (χ0) is 6.97. The first-order valence-corrected chi connectivity index (χ1v) is 4.53. The third-order valence-electron chi connectivity index (χ3n) is 2.99. The van der Waals surface area contributed by atoms with E-state index in [0.717, 1.165) is 18.4 Å². The molecule has 1 aliphatic heterocycles. The second-order valence-corrected chi connectivity index (χ2v) is 3.67. The summed E-state index contributed by atoms with van der Waals surface area (Å²) in [5.41, 5.74) is 0. The average Bonchev–Trinajstić information content (AvgIpc) is 2.26. The summed E-state index contributed by atoms with van der Waals surface area (Å²) in [6.07, 6.45) is 6.20. The second-order valence-electron chi connectivity index (χ2n) is 3.67. The van der Waals surface area contributed by atoms with E-state index in [4.69, 9.17) is 4.74 Å². The van der Waals surface area contributed by atoms with E-state index in [0.29, 0.717) is 6.10 Å². The van der Waals surface area contributed by atoms with Crippen LogP contribution in [0.3, 0.4) is 0 Å². The predicted molar refractivity (Wildman–Crippen MR) is 40.9 cm³/mol. The predicted octanol–water partition coefficient (Wildman–Crippen LogP) is 2.21. The monoisotopic (exact) mass is 140 g/mol. The minimum atomic E-state index is 0.681. The van der Waals surface area contributed by atoms with Crippen LogP contribution in [0.2, 0.25) is 0 Å². The molecule has 0 spiro atoms. The molecule has 0 aromatic heterocycles. The maximum Gasteiger partial charge on any atom is 0.0632 e. The average molecular weight is 140 g/mol. The Morgan fingerprint density at radius 3 is 3.10 bits per heavy atom. The molecule has 2 aliphatic rings. The van der Waals surface area contributed by atoms with Gasteiger partial charge in [0.15, 0.2) is 0 Å². The highest BCUT2D eigenvalue weighted by Crippen LogP contribution is 2.45. The van der Waals surface area contributed by atoms with Crippen molar-refractivity contribution in [3.05, 3.63) is 0 Å². The quantitative estimate of drug-likeness (QED) is 0.571. The van der Waals surface area contributed by atoms with E-state index < -0.39 is 0 Å². The highest BCUT2D eigenvalue weighted by Gasteiger charge is 2.44. The number of rotatable bonds is 2. The van der Waals surface area contributed by atoms with Gasteiger partial charge in [0.05, 0.1) is 6.10 Å². The highest BCUT2D eigenvalue weighted by atomic mass is 16.5. The molecule has 1 saturated carbocycles. The lowest BCUT2D eigenvalue weighted by molar-refractivity contribution is -0.0295. The van der Waals surface area contributed by atoms with Crippen molar-refractivity contribution in [2.75, 3.05) is 6.61 Å². The lowest BCUT2D eigenvalue weighted by Gasteiger charge is -2.38. The summed E-state index contributed by atoms with van der Waals surface area (Å²) in [5.74, 6) is 1.88. The Balaban J connectivity index is 1.83. The lowest BCUT2D eigenvalue weighted by Crippen LogP contribution is -2.38. The molecule has 58 valence electrons. The largest absolute Gasteiger partial charge is 0.378 e. The molecule has 1 nitrogen and oxygen atoms in total. The zero-order valence-corrected chi connectivity index (χ0v) is 6.68. The molecule has 0 N–H and O–H groups in total. The van der Waals surface area contributed by atoms with Gasteiger partial charge in [-0.2, -0.15) is 0 Å². The molecule has 1 heteroatoms. The van der Waals surface area contributed by atoms with E-state index in [1.165, 1.54) is 25.7 Å². The molecule has 10 heavy (non-hydrogen) atoms. The Morgan fingerprint density at radius 2 is 2.40 bits per heavy atom. The van der Waals surface area contributed by atoms with Gasteiger partial charge in [-0.3, -0.25) is 0 Å². The minimum absolute atomic E-state index is 0.681. The van der Waals surface area contributed by atoms with Gasteiger partial charge in [0, 0.05) is 6.61 Å². The maximum atomic E-state index is 5.62. The van der Waals surface area contributed by atoms with Gasteiger partial charge in [-0.15, -0.1) is 0 Å². The van der Waals surface area contributed by atoms with E-state index >= 15 is 0 Å². The van der Waals surface area contributed by atoms with Gasteiger partial charge in [-0.25, -0.2) is 0 Å². The van der Waals surface area contributed by atoms with Crippen molar-refractivity contribution in [1.82, 2.24) is 0 Å². The van der Waals surface area contributed by atoms with Gasteiger partial charge in [0.2, 0.25) is 0 Å². The Labute approximate surface area is 62.8 Å². The Kier molecular flexibility index (Phi) is 1.69. The van der Waals surface area contributed by atoms with E-state index in [1.54, 1.807) is 0 Å². The summed E-state index contributed by atoms with van der Waals surface area (Å²) in [5, 5.41) is 0. The van der Waals surface area contributed by atoms with E-state index in [9.17, 15) is 0 Å². The molecule has 3 atom stereocenters. The van der Waals surface area contributed by atoms with Crippen LogP contribution in [0.4, 0.5) is 0 Å². The molecule has 0 aromatic rings. The van der Waals surface area contributed by atoms with Crippen LogP contribution in [0, 0.1) is 11.8 Å². The molecule has 2 fully saturated rings. The molecular formula is C9H16O. The number of hydrogen-bond acceptors (Lipinski definition) is 1. The molecule has 1 saturated heterocycles. The first kappa shape index (κ1) is 6.66. The fraction of sp³-hybridized carbons (Fsp3) is 1.00. The number of ether oxygens (including phenoxy) is 1. The van der Waals surface area contributed by atoms with Gasteiger partial charge >= 0.3 is 0 Å². The standard InChI is InChI=1S/C9H16O/c1-2-3-7-6-8-4-5-10-9(7)8/h7-9H,2-6H2,1H3. The van der Waals surface area contributed by atoms with Crippen LogP contribution in [-0.4, -0.2) is 12.7 Å². The van der Waals surface area contributed by atoms with Crippen LogP contribution >= 0.6 is 0 Å². The molecule has 0 aromatic carbocycles. The summed E-state index contributed by atoms with van der Waals surface area (Å²) < 4.78 is 5.62. The third kappa shape index (κ3) is 0.878. The van der Waals surface area contributed by atoms with Gasteiger partial charge in [-0.1, -0.05) is 13.3 Å². The first-order valence-electron chi connectivity index (χ1n) is 4.53. The van der Waals surface area contributed by atoms with Crippen molar-refractivity contribution >= 4 is 0 Å². The molecule has 2 rings (SSSR count). The summed E-state index contributed by atoms with van der Waals surface area (Å²) >= 11 is 0. The summed E-state index contributed by atoms with van der Waals surface area (Å²) in [4.78, 5) is 0. The van der Waals surface area contributed by atoms with Crippen molar-refractivity contribution < 1.29 is 4.74 Å². The zero-order valence-electron chi connectivity index (χ0n) is 6.68. The first-order chi connectivity index (χ1) is 4.92. The SMILES string of the molecule is CCCC1CC2CCOC12. The number of fused-ring (bicyclic) bond motifs is 1. The van der Waals surface area contributed by atoms with Crippen molar-refractivity contribution in [1.29, 1.82) is 0 Å². The summed E-state index contributed by atoms with van der Waals surface area (Å²) in [6.45, 7) is 3.30. The Bertz CT molecular complexity index is 122. The Morgan fingerprint density at radius 1 is 1.50 bits per heavy atom. The minimum Gasteiger partial charge on any atom is -0.378 e. The lowest BCUT2D eigenvalue weighted by atomic mass is 9.70. The van der Waals surface area contributed by atoms with Gasteiger partial charge in [-0.05, 0) is 31.1 Å². The van der Waals surface area contributed by atoms with Crippen molar-refractivity contribution in [3.63, 3.8) is 0 Å². The molecule has 0 bridgehead atoms. The molecule has 0 amide bonds. The highest BCUT2D eigenvalue weighted by molar-refractivity contribution is 4.93. The van der Waals surface area contributed by atoms with Crippen LogP contribution < -0.4 is 0 Å².